The van der Waals surface area contributed by atoms with Crippen LogP contribution in [0.15, 0.2) is 53.7 Å². The molecule has 1 amide bonds. The predicted molar refractivity (Wildman–Crippen MR) is 120 cm³/mol. The Labute approximate surface area is 185 Å². The molecule has 2 aromatic carbocycles. The summed E-state index contributed by atoms with van der Waals surface area (Å²) in [5.74, 6) is 3.31. The van der Waals surface area contributed by atoms with Gasteiger partial charge >= 0.3 is 0 Å². The minimum absolute atomic E-state index is 0.144. The van der Waals surface area contributed by atoms with Crippen molar-refractivity contribution >= 4 is 23.4 Å². The summed E-state index contributed by atoms with van der Waals surface area (Å²) >= 11 is 1.54. The first-order valence-corrected chi connectivity index (χ1v) is 10.9. The van der Waals surface area contributed by atoms with E-state index in [1.54, 1.807) is 38.5 Å². The number of para-hydroxylation sites is 2. The Kier molecular flexibility index (Phi) is 8.17. The minimum Gasteiger partial charge on any atom is -0.497 e. The molecule has 0 saturated carbocycles. The number of hydrogen-bond donors (Lipinski definition) is 1. The van der Waals surface area contributed by atoms with Gasteiger partial charge in [0.2, 0.25) is 5.91 Å². The summed E-state index contributed by atoms with van der Waals surface area (Å²) in [5, 5.41) is 12.1. The fourth-order valence-electron chi connectivity index (χ4n) is 2.92. The Morgan fingerprint density at radius 1 is 1.03 bits per heavy atom. The molecule has 31 heavy (non-hydrogen) atoms. The molecule has 0 saturated heterocycles. The standard InChI is InChI=1S/C22H26N4O4S/c1-4-26-20(15-21(27)23-16-9-11-17(28-2)12-10-16)24-25-22(26)31-14-13-30-19-8-6-5-7-18(19)29-3/h5-12H,4,13-15H2,1-3H3,(H,23,27). The average molecular weight is 443 g/mol. The molecular weight excluding hydrogens is 416 g/mol. The third-order valence-electron chi connectivity index (χ3n) is 4.44. The number of thioether (sulfide) groups is 1. The number of aromatic nitrogens is 3. The smallest absolute Gasteiger partial charge is 0.232 e. The van der Waals surface area contributed by atoms with E-state index in [0.29, 0.717) is 41.9 Å². The van der Waals surface area contributed by atoms with Crippen molar-refractivity contribution in [2.24, 2.45) is 0 Å². The molecule has 0 radical (unpaired) electrons. The maximum Gasteiger partial charge on any atom is 0.232 e. The lowest BCUT2D eigenvalue weighted by atomic mass is 10.3. The van der Waals surface area contributed by atoms with Crippen LogP contribution in [-0.2, 0) is 17.8 Å². The van der Waals surface area contributed by atoms with Crippen LogP contribution in [-0.4, -0.2) is 47.3 Å². The molecule has 0 spiro atoms. The van der Waals surface area contributed by atoms with Crippen molar-refractivity contribution in [1.82, 2.24) is 14.8 Å². The number of nitrogens with one attached hydrogen (secondary N) is 1. The molecule has 9 heteroatoms. The average Bonchev–Trinajstić information content (AvgIpc) is 3.18. The van der Waals surface area contributed by atoms with E-state index in [4.69, 9.17) is 14.2 Å². The van der Waals surface area contributed by atoms with Gasteiger partial charge in [-0.2, -0.15) is 0 Å². The zero-order valence-corrected chi connectivity index (χ0v) is 18.6. The van der Waals surface area contributed by atoms with Gasteiger partial charge in [-0.25, -0.2) is 0 Å². The van der Waals surface area contributed by atoms with Crippen molar-refractivity contribution < 1.29 is 19.0 Å². The highest BCUT2D eigenvalue weighted by Gasteiger charge is 2.15. The van der Waals surface area contributed by atoms with Crippen molar-refractivity contribution in [2.75, 3.05) is 31.9 Å². The molecule has 0 aliphatic heterocycles. The molecule has 1 N–H and O–H groups in total. The lowest BCUT2D eigenvalue weighted by Gasteiger charge is -2.10. The number of ether oxygens (including phenoxy) is 3. The summed E-state index contributed by atoms with van der Waals surface area (Å²) in [6, 6.07) is 14.7. The van der Waals surface area contributed by atoms with E-state index in [1.165, 1.54) is 11.8 Å². The topological polar surface area (TPSA) is 87.5 Å². The highest BCUT2D eigenvalue weighted by molar-refractivity contribution is 7.99. The van der Waals surface area contributed by atoms with Gasteiger partial charge < -0.3 is 24.1 Å². The van der Waals surface area contributed by atoms with E-state index in [0.717, 1.165) is 10.9 Å². The normalized spacial score (nSPS) is 10.5. The van der Waals surface area contributed by atoms with Crippen LogP contribution in [0, 0.1) is 0 Å². The van der Waals surface area contributed by atoms with Gasteiger partial charge in [-0.05, 0) is 43.3 Å². The molecule has 164 valence electrons. The van der Waals surface area contributed by atoms with Crippen LogP contribution in [0.25, 0.3) is 0 Å². The number of benzene rings is 2. The van der Waals surface area contributed by atoms with Crippen molar-refractivity contribution in [3.63, 3.8) is 0 Å². The lowest BCUT2D eigenvalue weighted by molar-refractivity contribution is -0.115. The Bertz CT molecular complexity index is 991. The van der Waals surface area contributed by atoms with Crippen LogP contribution in [0.2, 0.25) is 0 Å². The molecule has 0 bridgehead atoms. The molecule has 0 unspecified atom stereocenters. The molecule has 1 aromatic heterocycles. The van der Waals surface area contributed by atoms with E-state index < -0.39 is 0 Å². The maximum atomic E-state index is 12.4. The third-order valence-corrected chi connectivity index (χ3v) is 5.37. The number of nitrogens with zero attached hydrogens (tertiary/aromatic N) is 3. The molecule has 1 heterocycles. The second kappa shape index (κ2) is 11.3. The predicted octanol–water partition coefficient (Wildman–Crippen LogP) is 3.67. The summed E-state index contributed by atoms with van der Waals surface area (Å²) in [6.07, 6.45) is 0.144. The minimum atomic E-state index is -0.150. The van der Waals surface area contributed by atoms with Crippen molar-refractivity contribution in [3.05, 3.63) is 54.4 Å². The Morgan fingerprint density at radius 3 is 2.45 bits per heavy atom. The van der Waals surface area contributed by atoms with Crippen molar-refractivity contribution in [2.45, 2.75) is 25.0 Å². The molecule has 0 aliphatic rings. The number of rotatable bonds is 11. The van der Waals surface area contributed by atoms with E-state index in [1.807, 2.05) is 35.8 Å². The summed E-state index contributed by atoms with van der Waals surface area (Å²) in [7, 11) is 3.22. The summed E-state index contributed by atoms with van der Waals surface area (Å²) in [4.78, 5) is 12.4. The molecule has 8 nitrogen and oxygen atoms in total. The van der Waals surface area contributed by atoms with E-state index in [2.05, 4.69) is 15.5 Å². The van der Waals surface area contributed by atoms with Crippen molar-refractivity contribution in [1.29, 1.82) is 0 Å². The number of amides is 1. The summed E-state index contributed by atoms with van der Waals surface area (Å²) < 4.78 is 18.2. The molecule has 0 atom stereocenters. The van der Waals surface area contributed by atoms with Crippen LogP contribution in [0.3, 0.4) is 0 Å². The highest BCUT2D eigenvalue weighted by Crippen LogP contribution is 2.26. The number of carbonyl (C=O) groups excluding carboxylic acids is 1. The largest absolute Gasteiger partial charge is 0.497 e. The van der Waals surface area contributed by atoms with Crippen LogP contribution in [0.5, 0.6) is 17.2 Å². The van der Waals surface area contributed by atoms with Gasteiger partial charge in [-0.1, -0.05) is 23.9 Å². The Morgan fingerprint density at radius 2 is 1.77 bits per heavy atom. The Hall–Kier alpha value is -3.20. The zero-order valence-electron chi connectivity index (χ0n) is 17.8. The second-order valence-corrected chi connectivity index (χ2v) is 7.51. The monoisotopic (exact) mass is 442 g/mol. The summed E-state index contributed by atoms with van der Waals surface area (Å²) in [6.45, 7) is 3.17. The number of methoxy groups -OCH3 is 2. The third kappa shape index (κ3) is 6.14. The van der Waals surface area contributed by atoms with Gasteiger partial charge in [0.15, 0.2) is 16.7 Å². The van der Waals surface area contributed by atoms with E-state index >= 15 is 0 Å². The van der Waals surface area contributed by atoms with Gasteiger partial charge in [-0.15, -0.1) is 10.2 Å². The van der Waals surface area contributed by atoms with Crippen LogP contribution >= 0.6 is 11.8 Å². The molecule has 3 rings (SSSR count). The van der Waals surface area contributed by atoms with E-state index in [-0.39, 0.29) is 12.3 Å². The number of anilines is 1. The van der Waals surface area contributed by atoms with Gasteiger partial charge in [0.05, 0.1) is 27.2 Å². The fraction of sp³-hybridized carbons (Fsp3) is 0.318. The van der Waals surface area contributed by atoms with Crippen LogP contribution in [0.1, 0.15) is 12.7 Å². The quantitative estimate of drug-likeness (QED) is 0.358. The van der Waals surface area contributed by atoms with Gasteiger partial charge in [0.1, 0.15) is 11.6 Å². The number of hydrogen-bond acceptors (Lipinski definition) is 7. The summed E-state index contributed by atoms with van der Waals surface area (Å²) in [5.41, 5.74) is 0.705. The molecular formula is C22H26N4O4S. The lowest BCUT2D eigenvalue weighted by Crippen LogP contribution is -2.17. The van der Waals surface area contributed by atoms with Gasteiger partial charge in [-0.3, -0.25) is 4.79 Å². The van der Waals surface area contributed by atoms with Crippen LogP contribution < -0.4 is 19.5 Å². The van der Waals surface area contributed by atoms with Crippen LogP contribution in [0.4, 0.5) is 5.69 Å². The Balaban J connectivity index is 1.52. The maximum absolute atomic E-state index is 12.4. The first-order valence-electron chi connectivity index (χ1n) is 9.89. The first kappa shape index (κ1) is 22.5. The fourth-order valence-corrected chi connectivity index (χ4v) is 3.76. The van der Waals surface area contributed by atoms with Gasteiger partial charge in [0.25, 0.3) is 0 Å². The second-order valence-electron chi connectivity index (χ2n) is 6.44. The zero-order chi connectivity index (χ0) is 22.1. The SMILES string of the molecule is CCn1c(CC(=O)Nc2ccc(OC)cc2)nnc1SCCOc1ccccc1OC. The first-order chi connectivity index (χ1) is 15.1. The molecule has 0 fully saturated rings. The highest BCUT2D eigenvalue weighted by atomic mass is 32.2. The molecule has 0 aliphatic carbocycles. The van der Waals surface area contributed by atoms with Crippen molar-refractivity contribution in [3.8, 4) is 17.2 Å². The van der Waals surface area contributed by atoms with E-state index in [9.17, 15) is 4.79 Å². The molecule has 3 aromatic rings. The number of carbonyl (C=O) groups is 1. The van der Waals surface area contributed by atoms with Gasteiger partial charge in [0, 0.05) is 18.0 Å².